The Morgan fingerprint density at radius 1 is 1.28 bits per heavy atom. The van der Waals surface area contributed by atoms with Gasteiger partial charge in [-0.25, -0.2) is 4.98 Å². The Morgan fingerprint density at radius 2 is 1.94 bits per heavy atom. The van der Waals surface area contributed by atoms with Crippen LogP contribution in [0.5, 0.6) is 0 Å². The lowest BCUT2D eigenvalue weighted by molar-refractivity contribution is 0.523. The predicted molar refractivity (Wildman–Crippen MR) is 76.6 cm³/mol. The van der Waals surface area contributed by atoms with Crippen molar-refractivity contribution in [3.05, 3.63) is 4.73 Å². The normalized spacial score (nSPS) is 11.4. The van der Waals surface area contributed by atoms with Crippen LogP contribution < -0.4 is 10.6 Å². The van der Waals surface area contributed by atoms with Crippen LogP contribution in [-0.4, -0.2) is 33.6 Å². The first-order valence-electron chi connectivity index (χ1n) is 5.76. The summed E-state index contributed by atoms with van der Waals surface area (Å²) in [6.45, 7) is 5.13. The van der Waals surface area contributed by atoms with Gasteiger partial charge in [0.25, 0.3) is 0 Å². The first-order chi connectivity index (χ1) is 8.40. The fraction of sp³-hybridized carbons (Fsp3) is 0.545. The van der Waals surface area contributed by atoms with Gasteiger partial charge in [-0.3, -0.25) is 0 Å². The Balaban J connectivity index is 2.70. The SMILES string of the molecule is CC(C)Cn1c(Br)nc2c(N(C)C)nc(N)nc21. The highest BCUT2D eigenvalue weighted by atomic mass is 79.9. The third kappa shape index (κ3) is 2.27. The summed E-state index contributed by atoms with van der Waals surface area (Å²) in [6, 6.07) is 0. The van der Waals surface area contributed by atoms with Crippen molar-refractivity contribution >= 4 is 38.9 Å². The first kappa shape index (κ1) is 13.1. The van der Waals surface area contributed by atoms with Crippen molar-refractivity contribution < 1.29 is 0 Å². The largest absolute Gasteiger partial charge is 0.368 e. The molecule has 18 heavy (non-hydrogen) atoms. The van der Waals surface area contributed by atoms with Crippen LogP contribution in [0.3, 0.4) is 0 Å². The number of rotatable bonds is 3. The number of nitrogen functional groups attached to an aromatic ring is 1. The maximum atomic E-state index is 5.77. The molecule has 2 aromatic rings. The van der Waals surface area contributed by atoms with Gasteiger partial charge >= 0.3 is 0 Å². The molecule has 2 N–H and O–H groups in total. The molecule has 2 aromatic heterocycles. The van der Waals surface area contributed by atoms with Crippen LogP contribution in [0.25, 0.3) is 11.2 Å². The number of aromatic nitrogens is 4. The van der Waals surface area contributed by atoms with Gasteiger partial charge in [-0.05, 0) is 21.8 Å². The summed E-state index contributed by atoms with van der Waals surface area (Å²) in [6.07, 6.45) is 0. The number of imidazole rings is 1. The first-order valence-corrected chi connectivity index (χ1v) is 6.56. The van der Waals surface area contributed by atoms with E-state index in [1.54, 1.807) is 0 Å². The maximum absolute atomic E-state index is 5.77. The summed E-state index contributed by atoms with van der Waals surface area (Å²) in [5, 5.41) is 0. The third-order valence-electron chi connectivity index (χ3n) is 2.52. The van der Waals surface area contributed by atoms with Crippen molar-refractivity contribution in [2.45, 2.75) is 20.4 Å². The molecule has 6 nitrogen and oxygen atoms in total. The second-order valence-corrected chi connectivity index (χ2v) is 5.57. The molecular weight excluding hydrogens is 296 g/mol. The van der Waals surface area contributed by atoms with E-state index in [0.29, 0.717) is 5.92 Å². The van der Waals surface area contributed by atoms with E-state index in [-0.39, 0.29) is 5.95 Å². The molecule has 2 heterocycles. The van der Waals surface area contributed by atoms with Gasteiger partial charge < -0.3 is 15.2 Å². The molecule has 0 unspecified atom stereocenters. The van der Waals surface area contributed by atoms with Crippen molar-refractivity contribution in [2.24, 2.45) is 5.92 Å². The fourth-order valence-corrected chi connectivity index (χ4v) is 2.30. The van der Waals surface area contributed by atoms with E-state index < -0.39 is 0 Å². The van der Waals surface area contributed by atoms with Gasteiger partial charge in [0.05, 0.1) is 0 Å². The molecule has 0 amide bonds. The van der Waals surface area contributed by atoms with Gasteiger partial charge in [0.1, 0.15) is 0 Å². The number of hydrogen-bond acceptors (Lipinski definition) is 5. The number of nitrogens with two attached hydrogens (primary N) is 1. The zero-order chi connectivity index (χ0) is 13.4. The smallest absolute Gasteiger partial charge is 0.224 e. The minimum atomic E-state index is 0.267. The molecule has 0 saturated heterocycles. The molecule has 0 spiro atoms. The van der Waals surface area contributed by atoms with Gasteiger partial charge in [-0.15, -0.1) is 0 Å². The number of nitrogens with zero attached hydrogens (tertiary/aromatic N) is 5. The highest BCUT2D eigenvalue weighted by Gasteiger charge is 2.17. The average molecular weight is 313 g/mol. The molecule has 2 rings (SSSR count). The topological polar surface area (TPSA) is 72.9 Å². The zero-order valence-electron chi connectivity index (χ0n) is 11.0. The molecule has 0 aromatic carbocycles. The average Bonchev–Trinajstić information content (AvgIpc) is 2.54. The van der Waals surface area contributed by atoms with Crippen molar-refractivity contribution in [2.75, 3.05) is 24.7 Å². The Bertz CT molecular complexity index is 574. The molecule has 7 heteroatoms. The van der Waals surface area contributed by atoms with Crippen LogP contribution in [0, 0.1) is 5.92 Å². The molecular formula is C11H17BrN6. The lowest BCUT2D eigenvalue weighted by atomic mass is 10.2. The molecule has 0 atom stereocenters. The minimum Gasteiger partial charge on any atom is -0.368 e. The molecule has 0 bridgehead atoms. The standard InChI is InChI=1S/C11H17BrN6/c1-6(2)5-18-9-7(14-10(18)12)8(17(3)4)15-11(13)16-9/h6H,5H2,1-4H3,(H2,13,15,16). The molecule has 0 aliphatic carbocycles. The summed E-state index contributed by atoms with van der Waals surface area (Å²) in [4.78, 5) is 14.9. The van der Waals surface area contributed by atoms with Gasteiger partial charge in [0.15, 0.2) is 21.7 Å². The van der Waals surface area contributed by atoms with Gasteiger partial charge in [-0.1, -0.05) is 13.8 Å². The monoisotopic (exact) mass is 312 g/mol. The van der Waals surface area contributed by atoms with Crippen LogP contribution in [-0.2, 0) is 6.54 Å². The minimum absolute atomic E-state index is 0.267. The quantitative estimate of drug-likeness (QED) is 0.876. The van der Waals surface area contributed by atoms with Crippen molar-refractivity contribution in [1.29, 1.82) is 0 Å². The lowest BCUT2D eigenvalue weighted by Crippen LogP contribution is -2.13. The van der Waals surface area contributed by atoms with Crippen LogP contribution in [0.15, 0.2) is 4.73 Å². The third-order valence-corrected chi connectivity index (χ3v) is 3.12. The second kappa shape index (κ2) is 4.72. The number of halogens is 1. The summed E-state index contributed by atoms with van der Waals surface area (Å²) in [5.41, 5.74) is 7.30. The predicted octanol–water partition coefficient (Wildman–Crippen LogP) is 1.89. The lowest BCUT2D eigenvalue weighted by Gasteiger charge is -2.12. The van der Waals surface area contributed by atoms with E-state index >= 15 is 0 Å². The molecule has 0 radical (unpaired) electrons. The summed E-state index contributed by atoms with van der Waals surface area (Å²) < 4.78 is 2.78. The zero-order valence-corrected chi connectivity index (χ0v) is 12.6. The highest BCUT2D eigenvalue weighted by Crippen LogP contribution is 2.26. The Kier molecular flexibility index (Phi) is 3.43. The Hall–Kier alpha value is -1.37. The van der Waals surface area contributed by atoms with Crippen LogP contribution >= 0.6 is 15.9 Å². The van der Waals surface area contributed by atoms with E-state index in [4.69, 9.17) is 5.73 Å². The Labute approximate surface area is 114 Å². The van der Waals surface area contributed by atoms with E-state index in [9.17, 15) is 0 Å². The fourth-order valence-electron chi connectivity index (χ4n) is 1.81. The molecule has 0 aliphatic heterocycles. The van der Waals surface area contributed by atoms with E-state index in [0.717, 1.165) is 28.3 Å². The highest BCUT2D eigenvalue weighted by molar-refractivity contribution is 9.10. The second-order valence-electron chi connectivity index (χ2n) is 4.86. The van der Waals surface area contributed by atoms with Crippen molar-refractivity contribution in [3.8, 4) is 0 Å². The maximum Gasteiger partial charge on any atom is 0.224 e. The number of anilines is 2. The number of hydrogen-bond donors (Lipinski definition) is 1. The van der Waals surface area contributed by atoms with E-state index in [1.807, 2.05) is 23.6 Å². The molecule has 0 aliphatic rings. The summed E-state index contributed by atoms with van der Waals surface area (Å²) >= 11 is 3.47. The van der Waals surface area contributed by atoms with Crippen LogP contribution in [0.2, 0.25) is 0 Å². The van der Waals surface area contributed by atoms with Gasteiger partial charge in [0.2, 0.25) is 5.95 Å². The van der Waals surface area contributed by atoms with Crippen LogP contribution in [0.1, 0.15) is 13.8 Å². The molecule has 98 valence electrons. The van der Waals surface area contributed by atoms with Crippen LogP contribution in [0.4, 0.5) is 11.8 Å². The summed E-state index contributed by atoms with van der Waals surface area (Å²) in [5.74, 6) is 1.50. The van der Waals surface area contributed by atoms with E-state index in [1.165, 1.54) is 0 Å². The molecule has 0 fully saturated rings. The van der Waals surface area contributed by atoms with Gasteiger partial charge in [0, 0.05) is 20.6 Å². The van der Waals surface area contributed by atoms with Crippen molar-refractivity contribution in [1.82, 2.24) is 19.5 Å². The van der Waals surface area contributed by atoms with Gasteiger partial charge in [-0.2, -0.15) is 9.97 Å². The molecule has 0 saturated carbocycles. The summed E-state index contributed by atoms with van der Waals surface area (Å²) in [7, 11) is 3.83. The number of fused-ring (bicyclic) bond motifs is 1. The van der Waals surface area contributed by atoms with E-state index in [2.05, 4.69) is 44.7 Å². The Morgan fingerprint density at radius 3 is 2.50 bits per heavy atom. The van der Waals surface area contributed by atoms with Crippen molar-refractivity contribution in [3.63, 3.8) is 0 Å².